The third-order valence-corrected chi connectivity index (χ3v) is 4.66. The highest BCUT2D eigenvalue weighted by atomic mass is 19.4. The average Bonchev–Trinajstić information content (AvgIpc) is 3.25. The molecule has 0 aliphatic heterocycles. The van der Waals surface area contributed by atoms with Crippen LogP contribution in [0.1, 0.15) is 18.1 Å². The van der Waals surface area contributed by atoms with Gasteiger partial charge in [-0.1, -0.05) is 24.3 Å². The number of ether oxygens (including phenoxy) is 1. The molecule has 0 aliphatic carbocycles. The molecule has 0 aliphatic rings. The van der Waals surface area contributed by atoms with Crippen molar-refractivity contribution < 1.29 is 22.7 Å². The van der Waals surface area contributed by atoms with E-state index in [2.05, 4.69) is 25.5 Å². The van der Waals surface area contributed by atoms with Gasteiger partial charge in [0.1, 0.15) is 11.4 Å². The number of carbonyl (C=O) groups excluding carboxylic acids is 1. The predicted molar refractivity (Wildman–Crippen MR) is 118 cm³/mol. The van der Waals surface area contributed by atoms with Crippen molar-refractivity contribution in [1.82, 2.24) is 20.2 Å². The highest BCUT2D eigenvalue weighted by molar-refractivity contribution is 5.87. The molecule has 0 amide bonds. The number of aromatic nitrogens is 4. The normalized spacial score (nSPS) is 11.8. The molecule has 10 heteroatoms. The maximum atomic E-state index is 13.6. The molecule has 168 valence electrons. The minimum absolute atomic E-state index is 0.121. The van der Waals surface area contributed by atoms with Gasteiger partial charge in [-0.2, -0.15) is 18.3 Å². The van der Waals surface area contributed by atoms with Gasteiger partial charge in [-0.3, -0.25) is 5.10 Å². The van der Waals surface area contributed by atoms with Crippen LogP contribution >= 0.6 is 0 Å². The first-order valence-electron chi connectivity index (χ1n) is 9.93. The van der Waals surface area contributed by atoms with E-state index in [9.17, 15) is 18.0 Å². The number of halogens is 3. The largest absolute Gasteiger partial charge is 0.463 e. The van der Waals surface area contributed by atoms with Gasteiger partial charge in [0.05, 0.1) is 18.3 Å². The summed E-state index contributed by atoms with van der Waals surface area (Å²) in [6, 6.07) is 11.7. The van der Waals surface area contributed by atoms with Gasteiger partial charge < -0.3 is 10.1 Å². The van der Waals surface area contributed by atoms with Crippen molar-refractivity contribution in [2.75, 3.05) is 11.9 Å². The minimum Gasteiger partial charge on any atom is -0.463 e. The Labute approximate surface area is 186 Å². The second-order valence-electron chi connectivity index (χ2n) is 6.96. The van der Waals surface area contributed by atoms with Gasteiger partial charge in [0.25, 0.3) is 0 Å². The van der Waals surface area contributed by atoms with Crippen molar-refractivity contribution in [3.8, 4) is 11.4 Å². The molecule has 2 aromatic heterocycles. The SMILES string of the molecule is CCOC(=O)C=Cc1ccc(-c2ncc(C(F)(F)F)c(Nc3ccc4[nH]ncc4c3)n2)cc1. The molecular weight excluding hydrogens is 435 g/mol. The second kappa shape index (κ2) is 9.11. The summed E-state index contributed by atoms with van der Waals surface area (Å²) in [5.74, 6) is -0.700. The molecule has 0 radical (unpaired) electrons. The first kappa shape index (κ1) is 22.0. The zero-order valence-corrected chi connectivity index (χ0v) is 17.3. The molecule has 0 saturated carbocycles. The lowest BCUT2D eigenvalue weighted by atomic mass is 10.1. The topological polar surface area (TPSA) is 92.8 Å². The van der Waals surface area contributed by atoms with E-state index in [1.165, 1.54) is 6.08 Å². The Morgan fingerprint density at radius 3 is 2.67 bits per heavy atom. The van der Waals surface area contributed by atoms with Crippen LogP contribution in [0.2, 0.25) is 0 Å². The van der Waals surface area contributed by atoms with E-state index in [4.69, 9.17) is 4.74 Å². The van der Waals surface area contributed by atoms with E-state index in [1.807, 2.05) is 0 Å². The van der Waals surface area contributed by atoms with E-state index < -0.39 is 17.7 Å². The number of aromatic amines is 1. The minimum atomic E-state index is -4.64. The fourth-order valence-electron chi connectivity index (χ4n) is 3.08. The molecule has 2 N–H and O–H groups in total. The summed E-state index contributed by atoms with van der Waals surface area (Å²) >= 11 is 0. The summed E-state index contributed by atoms with van der Waals surface area (Å²) in [4.78, 5) is 19.5. The van der Waals surface area contributed by atoms with E-state index in [0.717, 1.165) is 17.1 Å². The summed E-state index contributed by atoms with van der Waals surface area (Å²) in [6.07, 6.45) is 0.576. The number of carbonyl (C=O) groups is 1. The summed E-state index contributed by atoms with van der Waals surface area (Å²) in [5.41, 5.74) is 1.44. The molecule has 0 bridgehead atoms. The standard InChI is InChI=1S/C23H18F3N5O2/c1-2-33-20(32)10-5-14-3-6-15(7-4-14)21-27-13-18(23(24,25)26)22(30-21)29-17-8-9-19-16(11-17)12-28-31-19/h3-13H,2H2,1H3,(H,28,31)(H,27,29,30). The second-order valence-corrected chi connectivity index (χ2v) is 6.96. The molecule has 4 aromatic rings. The molecule has 4 rings (SSSR count). The van der Waals surface area contributed by atoms with E-state index in [1.54, 1.807) is 61.7 Å². The molecule has 33 heavy (non-hydrogen) atoms. The maximum Gasteiger partial charge on any atom is 0.421 e. The van der Waals surface area contributed by atoms with Crippen LogP contribution in [0.4, 0.5) is 24.7 Å². The fourth-order valence-corrected chi connectivity index (χ4v) is 3.08. The molecule has 0 unspecified atom stereocenters. The Bertz CT molecular complexity index is 1310. The van der Waals surface area contributed by atoms with Gasteiger partial charge >= 0.3 is 12.1 Å². The quantitative estimate of drug-likeness (QED) is 0.302. The Kier molecular flexibility index (Phi) is 6.07. The molecule has 0 atom stereocenters. The van der Waals surface area contributed by atoms with Crippen molar-refractivity contribution >= 4 is 34.5 Å². The monoisotopic (exact) mass is 453 g/mol. The smallest absolute Gasteiger partial charge is 0.421 e. The van der Waals surface area contributed by atoms with Crippen LogP contribution in [0.15, 0.2) is 60.9 Å². The van der Waals surface area contributed by atoms with Gasteiger partial charge in [-0.15, -0.1) is 0 Å². The molecule has 2 aromatic carbocycles. The number of fused-ring (bicyclic) bond motifs is 1. The molecule has 0 saturated heterocycles. The lowest BCUT2D eigenvalue weighted by Crippen LogP contribution is -2.12. The van der Waals surface area contributed by atoms with Gasteiger partial charge in [-0.25, -0.2) is 14.8 Å². The highest BCUT2D eigenvalue weighted by Crippen LogP contribution is 2.36. The van der Waals surface area contributed by atoms with Crippen LogP contribution in [0.5, 0.6) is 0 Å². The zero-order chi connectivity index (χ0) is 23.4. The van der Waals surface area contributed by atoms with E-state index in [0.29, 0.717) is 16.8 Å². The Balaban J connectivity index is 1.63. The number of alkyl halides is 3. The van der Waals surface area contributed by atoms with Crippen molar-refractivity contribution in [3.05, 3.63) is 72.1 Å². The summed E-state index contributed by atoms with van der Waals surface area (Å²) < 4.78 is 45.5. The molecular formula is C23H18F3N5O2. The number of benzene rings is 2. The Hall–Kier alpha value is -4.21. The van der Waals surface area contributed by atoms with Crippen molar-refractivity contribution in [2.45, 2.75) is 13.1 Å². The average molecular weight is 453 g/mol. The van der Waals surface area contributed by atoms with Gasteiger partial charge in [-0.05, 0) is 36.8 Å². The zero-order valence-electron chi connectivity index (χ0n) is 17.3. The maximum absolute atomic E-state index is 13.6. The number of nitrogens with one attached hydrogen (secondary N) is 2. The van der Waals surface area contributed by atoms with Crippen LogP contribution in [0.3, 0.4) is 0 Å². The van der Waals surface area contributed by atoms with Crippen LogP contribution in [0, 0.1) is 0 Å². The summed E-state index contributed by atoms with van der Waals surface area (Å²) in [5, 5.41) is 10.2. The third-order valence-electron chi connectivity index (χ3n) is 4.66. The molecule has 7 nitrogen and oxygen atoms in total. The number of hydrogen-bond acceptors (Lipinski definition) is 6. The van der Waals surface area contributed by atoms with E-state index >= 15 is 0 Å². The fraction of sp³-hybridized carbons (Fsp3) is 0.130. The number of anilines is 2. The molecule has 2 heterocycles. The molecule has 0 fully saturated rings. The Morgan fingerprint density at radius 1 is 1.15 bits per heavy atom. The number of esters is 1. The van der Waals surface area contributed by atoms with Crippen molar-refractivity contribution in [1.29, 1.82) is 0 Å². The third kappa shape index (κ3) is 5.17. The van der Waals surface area contributed by atoms with Crippen LogP contribution in [-0.2, 0) is 15.7 Å². The lowest BCUT2D eigenvalue weighted by Gasteiger charge is -2.14. The van der Waals surface area contributed by atoms with Gasteiger partial charge in [0.2, 0.25) is 0 Å². The van der Waals surface area contributed by atoms with E-state index in [-0.39, 0.29) is 18.2 Å². The first-order valence-corrected chi connectivity index (χ1v) is 9.93. The number of nitrogens with zero attached hydrogens (tertiary/aromatic N) is 3. The van der Waals surface area contributed by atoms with Crippen LogP contribution in [-0.4, -0.2) is 32.7 Å². The van der Waals surface area contributed by atoms with Crippen LogP contribution < -0.4 is 5.32 Å². The van der Waals surface area contributed by atoms with Crippen molar-refractivity contribution in [2.24, 2.45) is 0 Å². The van der Waals surface area contributed by atoms with Crippen molar-refractivity contribution in [3.63, 3.8) is 0 Å². The number of H-pyrrole nitrogens is 1. The van der Waals surface area contributed by atoms with Gasteiger partial charge in [0, 0.05) is 28.9 Å². The summed E-state index contributed by atoms with van der Waals surface area (Å²) in [7, 11) is 0. The number of hydrogen-bond donors (Lipinski definition) is 2. The number of rotatable bonds is 6. The summed E-state index contributed by atoms with van der Waals surface area (Å²) in [6.45, 7) is 1.99. The van der Waals surface area contributed by atoms with Gasteiger partial charge in [0.15, 0.2) is 5.82 Å². The van der Waals surface area contributed by atoms with Crippen LogP contribution in [0.25, 0.3) is 28.4 Å². The predicted octanol–water partition coefficient (Wildman–Crippen LogP) is 5.36. The lowest BCUT2D eigenvalue weighted by molar-refractivity contribution is -0.138. The first-order chi connectivity index (χ1) is 15.8. The molecule has 0 spiro atoms. The highest BCUT2D eigenvalue weighted by Gasteiger charge is 2.35. The Morgan fingerprint density at radius 2 is 1.94 bits per heavy atom.